The zero-order valence-corrected chi connectivity index (χ0v) is 25.4. The van der Waals surface area contributed by atoms with Crippen molar-refractivity contribution in [2.75, 3.05) is 18.4 Å². The molecule has 0 saturated heterocycles. The fourth-order valence-electron chi connectivity index (χ4n) is 3.59. The minimum atomic E-state index is -5.57. The number of ether oxygens (including phenoxy) is 1. The van der Waals surface area contributed by atoms with Crippen molar-refractivity contribution in [1.29, 1.82) is 4.29 Å². The van der Waals surface area contributed by atoms with Gasteiger partial charge in [-0.3, -0.25) is 4.79 Å². The predicted molar refractivity (Wildman–Crippen MR) is 166 cm³/mol. The van der Waals surface area contributed by atoms with Crippen LogP contribution in [0.25, 0.3) is 18.3 Å². The number of nitrogens with zero attached hydrogens (tertiary/aromatic N) is 3. The van der Waals surface area contributed by atoms with E-state index >= 15 is 4.39 Å². The second-order valence-electron chi connectivity index (χ2n) is 10.4. The minimum absolute atomic E-state index is 0.532. The van der Waals surface area contributed by atoms with Gasteiger partial charge < -0.3 is 15.0 Å². The fraction of sp³-hybridized carbons (Fsp3) is 0.581. The predicted octanol–water partition coefficient (Wildman–Crippen LogP) is 5.47. The summed E-state index contributed by atoms with van der Waals surface area (Å²) in [7, 11) is -4.74. The number of sulfonamides is 1. The first-order valence-corrected chi connectivity index (χ1v) is 13.7. The van der Waals surface area contributed by atoms with E-state index < -0.39 is 145 Å². The van der Waals surface area contributed by atoms with Gasteiger partial charge >= 0.3 is 8.83 Å². The lowest BCUT2D eigenvalue weighted by molar-refractivity contribution is -0.160. The molecule has 0 aliphatic carbocycles. The molecule has 0 radical (unpaired) electrons. The van der Waals surface area contributed by atoms with Crippen molar-refractivity contribution in [1.82, 2.24) is 9.97 Å². The van der Waals surface area contributed by atoms with Crippen LogP contribution in [0, 0.1) is 18.2 Å². The number of benzene rings is 1. The molecule has 2 rings (SSSR count). The van der Waals surface area contributed by atoms with Gasteiger partial charge in [-0.2, -0.15) is 0 Å². The first-order chi connectivity index (χ1) is 27.3. The van der Waals surface area contributed by atoms with Crippen LogP contribution in [0.4, 0.5) is 10.3 Å². The number of rotatable bonds is 12. The summed E-state index contributed by atoms with van der Waals surface area (Å²) >= 11 is 0. The van der Waals surface area contributed by atoms with Gasteiger partial charge in [0.05, 0.1) is 39.5 Å². The minimum Gasteiger partial charge on any atom is -0.481 e. The van der Waals surface area contributed by atoms with E-state index in [2.05, 4.69) is 15.1 Å². The number of carbonyl (C=O) groups is 1. The molecular weight excluding hydrogens is 561 g/mol. The Morgan fingerprint density at radius 1 is 1.38 bits per heavy atom. The van der Waals surface area contributed by atoms with Gasteiger partial charge in [0, 0.05) is 47.1 Å². The lowest BCUT2D eigenvalue weighted by Gasteiger charge is -2.42. The summed E-state index contributed by atoms with van der Waals surface area (Å²) in [6.07, 6.45) is -6.96. The maximum Gasteiger partial charge on any atom is 0.487 e. The Morgan fingerprint density at radius 3 is 2.57 bits per heavy atom. The lowest BCUT2D eigenvalue weighted by Crippen LogP contribution is -2.51. The van der Waals surface area contributed by atoms with E-state index in [1.54, 1.807) is 0 Å². The summed E-state index contributed by atoms with van der Waals surface area (Å²) in [6, 6.07) is -5.03. The van der Waals surface area contributed by atoms with Crippen LogP contribution in [0.15, 0.2) is 24.2 Å². The van der Waals surface area contributed by atoms with E-state index in [9.17, 15) is 16.0 Å². The van der Waals surface area contributed by atoms with Gasteiger partial charge in [-0.15, -0.1) is 0 Å². The molecule has 1 aromatic carbocycles. The molecule has 9 nitrogen and oxygen atoms in total. The van der Waals surface area contributed by atoms with Crippen LogP contribution in [-0.4, -0.2) is 68.4 Å². The smallest absolute Gasteiger partial charge is 0.481 e. The maximum absolute atomic E-state index is 15.3. The molecule has 42 heavy (non-hydrogen) atoms. The molecule has 11 heteroatoms. The Labute approximate surface area is 278 Å². The van der Waals surface area contributed by atoms with Crippen molar-refractivity contribution in [3.8, 4) is 11.3 Å². The molecule has 2 atom stereocenters. The van der Waals surface area contributed by atoms with Crippen LogP contribution < -0.4 is 4.31 Å². The third kappa shape index (κ3) is 7.01. The van der Waals surface area contributed by atoms with E-state index in [-0.39, 0.29) is 0 Å². The van der Waals surface area contributed by atoms with Crippen molar-refractivity contribution < 1.29 is 55.9 Å². The highest BCUT2D eigenvalue weighted by Crippen LogP contribution is 2.43. The van der Waals surface area contributed by atoms with Crippen molar-refractivity contribution in [2.45, 2.75) is 97.8 Å². The standard InChI is InChI=1S/C31H46FN3O6S/c1-18(2)42(39,40)35(11)28-33-26(21-13-14-22(32)19(3)15-21)25(27(34-28)29(5,6)7)20(4)16-23(36)30(8,9)31(10,41-12)17-24(37)38/h13-16,18,23,36H,17H2,1-12H3,(H,37,38)/p+1/b20-16+/t23-,31+/m1/s1/i5D3,6D3,11D3,13D,14D,15D,16D,17D2,18D,23D,36D/hD2. The average Bonchev–Trinajstić information content (AvgIpc) is 3.11. The van der Waals surface area contributed by atoms with Crippen LogP contribution in [0.3, 0.4) is 0 Å². The van der Waals surface area contributed by atoms with Crippen LogP contribution in [-0.2, 0) is 25.0 Å². The third-order valence-electron chi connectivity index (χ3n) is 6.67. The average molecular weight is 629 g/mol. The number of methoxy groups -OCH3 is 1. The molecule has 0 aliphatic heterocycles. The first kappa shape index (κ1) is 15.7. The van der Waals surface area contributed by atoms with Gasteiger partial charge in [-0.25, -0.2) is 27.1 Å². The molecule has 0 unspecified atom stereocenters. The number of hydrogen-bond acceptors (Lipinski definition) is 7. The van der Waals surface area contributed by atoms with Crippen LogP contribution in [0.1, 0.15) is 109 Å². The lowest BCUT2D eigenvalue weighted by atomic mass is 9.69. The number of halogens is 1. The van der Waals surface area contributed by atoms with E-state index in [1.807, 2.05) is 0 Å². The largest absolute Gasteiger partial charge is 0.487 e. The van der Waals surface area contributed by atoms with Crippen molar-refractivity contribution in [3.63, 3.8) is 0 Å². The SMILES string of the molecule is [2H]OC(=O)C([2H])([2H])[C@](C)(OC)C(C)(C)[C@@]([2H])(/C([2H])=C(\C)c1c(-c2c([2H])c([2H])c(F)c(C)c2[2H])nc(N(C([2H])([2H])[2H])S(=O)(=O)C([2H])(C)C)nc1C(C)(C([2H])([2H])[2H])C([2H])([2H])[2H])[O+]([2H])[2H]. The maximum atomic E-state index is 15.3. The van der Waals surface area contributed by atoms with Crippen LogP contribution >= 0.6 is 0 Å². The van der Waals surface area contributed by atoms with Crippen LogP contribution in [0.5, 0.6) is 0 Å². The Balaban J connectivity index is 3.87. The number of carboxylic acids is 1. The second-order valence-corrected chi connectivity index (χ2v) is 12.6. The van der Waals surface area contributed by atoms with Gasteiger partial charge in [0.25, 0.3) is 1.43 Å². The first-order valence-electron chi connectivity index (χ1n) is 22.0. The normalized spacial score (nSPS) is 24.8. The zero-order valence-electron chi connectivity index (χ0n) is 44.6. The zero-order chi connectivity index (χ0) is 49.5. The number of anilines is 1. The molecule has 0 fully saturated rings. The van der Waals surface area contributed by atoms with Crippen molar-refractivity contribution >= 4 is 27.5 Å². The summed E-state index contributed by atoms with van der Waals surface area (Å²) < 4.78 is 218. The van der Waals surface area contributed by atoms with Gasteiger partial charge in [0.2, 0.25) is 16.0 Å². The molecule has 0 spiro atoms. The van der Waals surface area contributed by atoms with E-state index in [4.69, 9.17) is 29.6 Å². The Morgan fingerprint density at radius 2 is 2.05 bits per heavy atom. The second kappa shape index (κ2) is 12.4. The Hall–Kier alpha value is -2.89. The molecule has 1 aromatic heterocycles. The molecule has 0 saturated carbocycles. The summed E-state index contributed by atoms with van der Waals surface area (Å²) in [5.74, 6) is -4.97. The topological polar surface area (TPSA) is 133 Å². The van der Waals surface area contributed by atoms with Crippen LogP contribution in [0.2, 0.25) is 0 Å². The number of allylic oxidation sites excluding steroid dienone is 1. The number of aromatic nitrogens is 2. The molecule has 0 amide bonds. The third-order valence-corrected chi connectivity index (χ3v) is 8.35. The van der Waals surface area contributed by atoms with E-state index in [0.717, 1.165) is 55.6 Å². The van der Waals surface area contributed by atoms with Gasteiger partial charge in [-0.1, -0.05) is 20.6 Å². The highest BCUT2D eigenvalue weighted by molar-refractivity contribution is 7.93. The summed E-state index contributed by atoms with van der Waals surface area (Å²) in [5.41, 5.74) is -15.4. The molecule has 234 valence electrons. The molecule has 2 aromatic rings. The van der Waals surface area contributed by atoms with Crippen molar-refractivity contribution in [3.05, 3.63) is 46.8 Å². The number of aliphatic carboxylic acids is 1. The molecule has 0 bridgehead atoms. The van der Waals surface area contributed by atoms with E-state index in [1.165, 1.54) is 0 Å². The van der Waals surface area contributed by atoms with Gasteiger partial charge in [-0.05, 0) is 83.8 Å². The van der Waals surface area contributed by atoms with E-state index in [0.29, 0.717) is 12.0 Å². The molecule has 3 N–H and O–H groups in total. The van der Waals surface area contributed by atoms with Gasteiger partial charge in [0.15, 0.2) is 6.08 Å². The molecule has 1 heterocycles. The highest BCUT2D eigenvalue weighted by atomic mass is 32.2. The van der Waals surface area contributed by atoms with Gasteiger partial charge in [0.1, 0.15) is 7.19 Å². The van der Waals surface area contributed by atoms with Crippen molar-refractivity contribution in [2.24, 2.45) is 5.41 Å². The number of hydrogen-bond donors (Lipinski definition) is 1. The summed E-state index contributed by atoms with van der Waals surface area (Å²) in [6.45, 7) is -5.16. The molecule has 0 aliphatic rings. The Kier molecular flexibility index (Phi) is 4.63. The summed E-state index contributed by atoms with van der Waals surface area (Å²) in [5, 5.41) is 1.69. The quantitative estimate of drug-likeness (QED) is 0.309. The highest BCUT2D eigenvalue weighted by Gasteiger charge is 2.50. The summed E-state index contributed by atoms with van der Waals surface area (Å²) in [4.78, 5) is 20.6. The number of carboxylic acid groups (broad SMARTS) is 1. The fourth-order valence-corrected chi connectivity index (χ4v) is 4.26. The Bertz CT molecular complexity index is 2200. The monoisotopic (exact) mass is 628 g/mol. The molecular formula is C31H47FN3O6S+.